The normalized spacial score (nSPS) is 13.2. The minimum Gasteiger partial charge on any atom is -0.486 e. The first kappa shape index (κ1) is 16.0. The second-order valence-corrected chi connectivity index (χ2v) is 7.96. The maximum absolute atomic E-state index is 5.66. The van der Waals surface area contributed by atoms with Crippen molar-refractivity contribution in [1.29, 1.82) is 0 Å². The lowest BCUT2D eigenvalue weighted by Crippen LogP contribution is -2.15. The average molecular weight is 424 g/mol. The zero-order valence-electron chi connectivity index (χ0n) is 12.9. The van der Waals surface area contributed by atoms with Gasteiger partial charge in [0.1, 0.15) is 13.2 Å². The van der Waals surface area contributed by atoms with E-state index in [1.165, 1.54) is 0 Å². The van der Waals surface area contributed by atoms with Gasteiger partial charge in [0, 0.05) is 17.3 Å². The van der Waals surface area contributed by atoms with E-state index in [1.54, 1.807) is 23.1 Å². The molecule has 0 N–H and O–H groups in total. The summed E-state index contributed by atoms with van der Waals surface area (Å²) in [6, 6.07) is 8.08. The minimum atomic E-state index is 0.592. The van der Waals surface area contributed by atoms with Crippen molar-refractivity contribution in [2.24, 2.45) is 7.05 Å². The van der Waals surface area contributed by atoms with E-state index in [0.717, 1.165) is 43.1 Å². The van der Waals surface area contributed by atoms with Crippen LogP contribution in [0.4, 0.5) is 0 Å². The summed E-state index contributed by atoms with van der Waals surface area (Å²) < 4.78 is 14.3. The number of halogens is 1. The van der Waals surface area contributed by atoms with Crippen LogP contribution in [0.5, 0.6) is 11.5 Å². The first-order chi connectivity index (χ1) is 11.7. The lowest BCUT2D eigenvalue weighted by Gasteiger charge is -2.19. The monoisotopic (exact) mass is 423 g/mol. The standard InChI is InChI=1S/C16H14BrN3O2S2/c1-20-15(14-3-2-6-23-14)18-19-16(20)24-9-10-7-12-13(8-11(10)17)22-5-4-21-12/h2-3,6-8H,4-5,9H2,1H3. The lowest BCUT2D eigenvalue weighted by molar-refractivity contribution is 0.171. The molecule has 24 heavy (non-hydrogen) atoms. The highest BCUT2D eigenvalue weighted by Gasteiger charge is 2.17. The Morgan fingerprint density at radius 1 is 1.25 bits per heavy atom. The number of nitrogens with zero attached hydrogens (tertiary/aromatic N) is 3. The summed E-state index contributed by atoms with van der Waals surface area (Å²) in [4.78, 5) is 1.12. The van der Waals surface area contributed by atoms with Gasteiger partial charge in [-0.3, -0.25) is 0 Å². The van der Waals surface area contributed by atoms with Gasteiger partial charge in [-0.15, -0.1) is 21.5 Å². The number of hydrogen-bond donors (Lipinski definition) is 0. The van der Waals surface area contributed by atoms with E-state index in [2.05, 4.69) is 32.2 Å². The Morgan fingerprint density at radius 3 is 2.79 bits per heavy atom. The number of hydrogen-bond acceptors (Lipinski definition) is 6. The van der Waals surface area contributed by atoms with Crippen molar-refractivity contribution in [2.75, 3.05) is 13.2 Å². The predicted molar refractivity (Wildman–Crippen MR) is 99.0 cm³/mol. The molecule has 0 atom stereocenters. The molecule has 0 bridgehead atoms. The van der Waals surface area contributed by atoms with Crippen molar-refractivity contribution in [1.82, 2.24) is 14.8 Å². The maximum atomic E-state index is 5.66. The fourth-order valence-electron chi connectivity index (χ4n) is 2.42. The third-order valence-electron chi connectivity index (χ3n) is 3.64. The molecule has 0 saturated carbocycles. The molecule has 0 fully saturated rings. The lowest BCUT2D eigenvalue weighted by atomic mass is 10.2. The molecule has 1 aromatic carbocycles. The van der Waals surface area contributed by atoms with Crippen molar-refractivity contribution < 1.29 is 9.47 Å². The third kappa shape index (κ3) is 3.05. The van der Waals surface area contributed by atoms with Crippen LogP contribution in [-0.2, 0) is 12.8 Å². The SMILES string of the molecule is Cn1c(SCc2cc3c(cc2Br)OCCO3)nnc1-c1cccs1. The topological polar surface area (TPSA) is 49.2 Å². The molecule has 124 valence electrons. The molecule has 3 aromatic rings. The summed E-state index contributed by atoms with van der Waals surface area (Å²) >= 11 is 6.93. The number of thioether (sulfide) groups is 1. The van der Waals surface area contributed by atoms with Gasteiger partial charge in [0.05, 0.1) is 4.88 Å². The van der Waals surface area contributed by atoms with Gasteiger partial charge in [-0.2, -0.15) is 0 Å². The molecule has 2 aromatic heterocycles. The van der Waals surface area contributed by atoms with Crippen molar-refractivity contribution in [3.63, 3.8) is 0 Å². The number of aromatic nitrogens is 3. The quantitative estimate of drug-likeness (QED) is 0.583. The predicted octanol–water partition coefficient (Wildman–Crippen LogP) is 4.37. The Bertz CT molecular complexity index is 865. The zero-order chi connectivity index (χ0) is 16.5. The molecule has 1 aliphatic heterocycles. The Morgan fingerprint density at radius 2 is 2.04 bits per heavy atom. The van der Waals surface area contributed by atoms with E-state index in [-0.39, 0.29) is 0 Å². The van der Waals surface area contributed by atoms with Crippen molar-refractivity contribution in [3.8, 4) is 22.2 Å². The van der Waals surface area contributed by atoms with E-state index in [0.29, 0.717) is 13.2 Å². The molecular formula is C16H14BrN3O2S2. The molecule has 0 saturated heterocycles. The van der Waals surface area contributed by atoms with Crippen LogP contribution in [0.25, 0.3) is 10.7 Å². The van der Waals surface area contributed by atoms with Crippen LogP contribution in [-0.4, -0.2) is 28.0 Å². The molecule has 1 aliphatic rings. The van der Waals surface area contributed by atoms with Gasteiger partial charge in [0.15, 0.2) is 22.5 Å². The number of benzene rings is 1. The largest absolute Gasteiger partial charge is 0.486 e. The molecule has 0 aliphatic carbocycles. The van der Waals surface area contributed by atoms with Crippen LogP contribution in [0.1, 0.15) is 5.56 Å². The summed E-state index contributed by atoms with van der Waals surface area (Å²) in [7, 11) is 2.00. The maximum Gasteiger partial charge on any atom is 0.191 e. The van der Waals surface area contributed by atoms with E-state index < -0.39 is 0 Å². The highest BCUT2D eigenvalue weighted by molar-refractivity contribution is 9.10. The van der Waals surface area contributed by atoms with Crippen molar-refractivity contribution >= 4 is 39.0 Å². The van der Waals surface area contributed by atoms with Crippen LogP contribution < -0.4 is 9.47 Å². The second-order valence-electron chi connectivity index (χ2n) is 5.22. The molecule has 4 rings (SSSR count). The van der Waals surface area contributed by atoms with Crippen molar-refractivity contribution in [2.45, 2.75) is 10.9 Å². The zero-order valence-corrected chi connectivity index (χ0v) is 16.1. The fraction of sp³-hybridized carbons (Fsp3) is 0.250. The van der Waals surface area contributed by atoms with Gasteiger partial charge >= 0.3 is 0 Å². The van der Waals surface area contributed by atoms with Crippen LogP contribution in [0.15, 0.2) is 39.3 Å². The number of fused-ring (bicyclic) bond motifs is 1. The van der Waals surface area contributed by atoms with Crippen LogP contribution >= 0.6 is 39.0 Å². The molecule has 0 unspecified atom stereocenters. The highest BCUT2D eigenvalue weighted by atomic mass is 79.9. The van der Waals surface area contributed by atoms with Gasteiger partial charge in [0.25, 0.3) is 0 Å². The summed E-state index contributed by atoms with van der Waals surface area (Å²) in [6.45, 7) is 1.19. The van der Waals surface area contributed by atoms with Gasteiger partial charge in [0.2, 0.25) is 0 Å². The molecule has 3 heterocycles. The number of ether oxygens (including phenoxy) is 2. The Hall–Kier alpha value is -1.51. The molecule has 8 heteroatoms. The Kier molecular flexibility index (Phi) is 4.51. The second kappa shape index (κ2) is 6.78. The summed E-state index contributed by atoms with van der Waals surface area (Å²) in [5.41, 5.74) is 1.14. The molecule has 0 radical (unpaired) electrons. The molecule has 0 amide bonds. The van der Waals surface area contributed by atoms with Gasteiger partial charge < -0.3 is 14.0 Å². The average Bonchev–Trinajstić information content (AvgIpc) is 3.23. The van der Waals surface area contributed by atoms with Crippen LogP contribution in [0.2, 0.25) is 0 Å². The first-order valence-electron chi connectivity index (χ1n) is 7.36. The summed E-state index contributed by atoms with van der Waals surface area (Å²) in [5.74, 6) is 3.26. The molecule has 0 spiro atoms. The van der Waals surface area contributed by atoms with E-state index in [4.69, 9.17) is 9.47 Å². The third-order valence-corrected chi connectivity index (χ3v) is 6.32. The number of thiophene rings is 1. The molecule has 5 nitrogen and oxygen atoms in total. The van der Waals surface area contributed by atoms with Crippen LogP contribution in [0, 0.1) is 0 Å². The highest BCUT2D eigenvalue weighted by Crippen LogP contribution is 2.38. The van der Waals surface area contributed by atoms with E-state index in [1.807, 2.05) is 35.2 Å². The van der Waals surface area contributed by atoms with Crippen molar-refractivity contribution in [3.05, 3.63) is 39.7 Å². The Balaban J connectivity index is 1.53. The fourth-order valence-corrected chi connectivity index (χ4v) is 4.71. The van der Waals surface area contributed by atoms with Gasteiger partial charge in [-0.05, 0) is 29.1 Å². The smallest absolute Gasteiger partial charge is 0.191 e. The number of rotatable bonds is 4. The first-order valence-corrected chi connectivity index (χ1v) is 10.0. The van der Waals surface area contributed by atoms with E-state index >= 15 is 0 Å². The van der Waals surface area contributed by atoms with Gasteiger partial charge in [-0.25, -0.2) is 0 Å². The molecular weight excluding hydrogens is 410 g/mol. The summed E-state index contributed by atoms with van der Waals surface area (Å²) in [5, 5.41) is 11.6. The van der Waals surface area contributed by atoms with E-state index in [9.17, 15) is 0 Å². The van der Waals surface area contributed by atoms with Crippen LogP contribution in [0.3, 0.4) is 0 Å². The minimum absolute atomic E-state index is 0.592. The van der Waals surface area contributed by atoms with Gasteiger partial charge in [-0.1, -0.05) is 33.8 Å². The summed E-state index contributed by atoms with van der Waals surface area (Å²) in [6.07, 6.45) is 0. The Labute approximate surface area is 156 Å².